The fourth-order valence-corrected chi connectivity index (χ4v) is 1.63. The van der Waals surface area contributed by atoms with Crippen LogP contribution < -0.4 is 15.4 Å². The first-order valence-electron chi connectivity index (χ1n) is 5.73. The Morgan fingerprint density at radius 2 is 2.17 bits per heavy atom. The fourth-order valence-electron chi connectivity index (χ4n) is 1.63. The van der Waals surface area contributed by atoms with Gasteiger partial charge in [0, 0.05) is 44.7 Å². The van der Waals surface area contributed by atoms with E-state index in [1.54, 1.807) is 10.9 Å². The lowest BCUT2D eigenvalue weighted by atomic mass is 10.2. The molecular weight excluding hydrogens is 228 g/mol. The van der Waals surface area contributed by atoms with Gasteiger partial charge in [-0.1, -0.05) is 0 Å². The number of benzene rings is 1. The number of hydrogen-bond acceptors (Lipinski definition) is 4. The van der Waals surface area contributed by atoms with E-state index in [0.29, 0.717) is 18.0 Å². The minimum atomic E-state index is 0.467. The molecule has 2 N–H and O–H groups in total. The Morgan fingerprint density at radius 3 is 2.78 bits per heavy atom. The van der Waals surface area contributed by atoms with Gasteiger partial charge < -0.3 is 15.4 Å². The van der Waals surface area contributed by atoms with Gasteiger partial charge in [0.15, 0.2) is 0 Å². The van der Waals surface area contributed by atoms with Gasteiger partial charge in [-0.2, -0.15) is 5.10 Å². The first kappa shape index (κ1) is 12.3. The summed E-state index contributed by atoms with van der Waals surface area (Å²) in [7, 11) is 5.84. The summed E-state index contributed by atoms with van der Waals surface area (Å²) in [6.45, 7) is 0.467. The van der Waals surface area contributed by atoms with Crippen LogP contribution in [0.2, 0.25) is 0 Å². The second-order valence-corrected chi connectivity index (χ2v) is 4.43. The zero-order valence-corrected chi connectivity index (χ0v) is 10.9. The third-order valence-electron chi connectivity index (χ3n) is 2.67. The summed E-state index contributed by atoms with van der Waals surface area (Å²) in [6.07, 6.45) is 3.71. The van der Waals surface area contributed by atoms with Crippen LogP contribution in [0.5, 0.6) is 5.75 Å². The molecule has 18 heavy (non-hydrogen) atoms. The highest BCUT2D eigenvalue weighted by atomic mass is 16.5. The van der Waals surface area contributed by atoms with E-state index in [1.165, 1.54) is 0 Å². The number of anilines is 2. The maximum Gasteiger partial charge on any atom is 0.144 e. The van der Waals surface area contributed by atoms with Crippen LogP contribution in [0.25, 0.3) is 0 Å². The second-order valence-electron chi connectivity index (χ2n) is 4.43. The van der Waals surface area contributed by atoms with E-state index in [2.05, 4.69) is 5.10 Å². The first-order valence-corrected chi connectivity index (χ1v) is 5.73. The van der Waals surface area contributed by atoms with Crippen LogP contribution in [-0.2, 0) is 13.7 Å². The molecule has 0 saturated carbocycles. The SMILES string of the molecule is CN(C)c1ccc(N)c(OCc2cnn(C)c2)c1. The molecule has 0 spiro atoms. The molecule has 0 atom stereocenters. The number of rotatable bonds is 4. The van der Waals surface area contributed by atoms with E-state index < -0.39 is 0 Å². The van der Waals surface area contributed by atoms with Crippen molar-refractivity contribution >= 4 is 11.4 Å². The minimum absolute atomic E-state index is 0.467. The Kier molecular flexibility index (Phi) is 3.41. The summed E-state index contributed by atoms with van der Waals surface area (Å²) in [5.74, 6) is 0.699. The van der Waals surface area contributed by atoms with Crippen LogP contribution >= 0.6 is 0 Å². The van der Waals surface area contributed by atoms with Crippen LogP contribution in [0.4, 0.5) is 11.4 Å². The van der Waals surface area contributed by atoms with Crippen molar-refractivity contribution in [3.63, 3.8) is 0 Å². The van der Waals surface area contributed by atoms with E-state index in [0.717, 1.165) is 11.3 Å². The molecule has 0 aliphatic carbocycles. The standard InChI is InChI=1S/C13H18N4O/c1-16(2)11-4-5-12(14)13(6-11)18-9-10-7-15-17(3)8-10/h4-8H,9,14H2,1-3H3. The molecule has 0 fully saturated rings. The van der Waals surface area contributed by atoms with Crippen LogP contribution in [0, 0.1) is 0 Å². The summed E-state index contributed by atoms with van der Waals surface area (Å²) < 4.78 is 7.47. The van der Waals surface area contributed by atoms with E-state index in [9.17, 15) is 0 Å². The Bertz CT molecular complexity index is 534. The van der Waals surface area contributed by atoms with Crippen molar-refractivity contribution in [2.24, 2.45) is 7.05 Å². The molecule has 1 heterocycles. The lowest BCUT2D eigenvalue weighted by Gasteiger charge is -2.15. The molecule has 0 unspecified atom stereocenters. The molecular formula is C13H18N4O. The average Bonchev–Trinajstić information content (AvgIpc) is 2.74. The predicted octanol–water partition coefficient (Wildman–Crippen LogP) is 1.65. The van der Waals surface area contributed by atoms with Gasteiger partial charge in [-0.05, 0) is 12.1 Å². The average molecular weight is 246 g/mol. The van der Waals surface area contributed by atoms with Crippen molar-refractivity contribution < 1.29 is 4.74 Å². The molecule has 5 heteroatoms. The molecule has 0 saturated heterocycles. The van der Waals surface area contributed by atoms with Gasteiger partial charge in [0.2, 0.25) is 0 Å². The molecule has 1 aromatic heterocycles. The molecule has 2 rings (SSSR count). The number of aryl methyl sites for hydroxylation is 1. The van der Waals surface area contributed by atoms with Gasteiger partial charge in [-0.3, -0.25) is 4.68 Å². The van der Waals surface area contributed by atoms with Crippen LogP contribution in [0.1, 0.15) is 5.56 Å². The maximum absolute atomic E-state index is 5.89. The monoisotopic (exact) mass is 246 g/mol. The number of nitrogens with zero attached hydrogens (tertiary/aromatic N) is 3. The Labute approximate surface area is 107 Å². The van der Waals surface area contributed by atoms with Crippen molar-refractivity contribution in [1.29, 1.82) is 0 Å². The maximum atomic E-state index is 5.89. The molecule has 0 aliphatic heterocycles. The molecule has 0 amide bonds. The number of hydrogen-bond donors (Lipinski definition) is 1. The second kappa shape index (κ2) is 5.00. The van der Waals surface area contributed by atoms with E-state index >= 15 is 0 Å². The molecule has 5 nitrogen and oxygen atoms in total. The van der Waals surface area contributed by atoms with Crippen LogP contribution in [-0.4, -0.2) is 23.9 Å². The molecule has 0 bridgehead atoms. The normalized spacial score (nSPS) is 10.4. The van der Waals surface area contributed by atoms with Gasteiger partial charge in [0.05, 0.1) is 11.9 Å². The number of aromatic nitrogens is 2. The largest absolute Gasteiger partial charge is 0.487 e. The van der Waals surface area contributed by atoms with E-state index in [-0.39, 0.29) is 0 Å². The van der Waals surface area contributed by atoms with Crippen molar-refractivity contribution in [3.8, 4) is 5.75 Å². The summed E-state index contributed by atoms with van der Waals surface area (Å²) >= 11 is 0. The van der Waals surface area contributed by atoms with Crippen molar-refractivity contribution in [3.05, 3.63) is 36.2 Å². The fraction of sp³-hybridized carbons (Fsp3) is 0.308. The Morgan fingerprint density at radius 1 is 1.39 bits per heavy atom. The third-order valence-corrected chi connectivity index (χ3v) is 2.67. The van der Waals surface area contributed by atoms with Crippen LogP contribution in [0.3, 0.4) is 0 Å². The highest BCUT2D eigenvalue weighted by Gasteiger charge is 2.05. The summed E-state index contributed by atoms with van der Waals surface area (Å²) in [6, 6.07) is 5.76. The molecule has 1 aromatic carbocycles. The van der Waals surface area contributed by atoms with E-state index in [4.69, 9.17) is 10.5 Å². The zero-order chi connectivity index (χ0) is 13.1. The number of ether oxygens (including phenoxy) is 1. The van der Waals surface area contributed by atoms with Crippen molar-refractivity contribution in [2.45, 2.75) is 6.61 Å². The topological polar surface area (TPSA) is 56.3 Å². The van der Waals surface area contributed by atoms with Crippen LogP contribution in [0.15, 0.2) is 30.6 Å². The quantitative estimate of drug-likeness (QED) is 0.833. The van der Waals surface area contributed by atoms with Gasteiger partial charge in [0.1, 0.15) is 12.4 Å². The lowest BCUT2D eigenvalue weighted by Crippen LogP contribution is -2.09. The number of nitrogen functional groups attached to an aromatic ring is 1. The molecule has 0 radical (unpaired) electrons. The Balaban J connectivity index is 2.10. The Hall–Kier alpha value is -2.17. The minimum Gasteiger partial charge on any atom is -0.487 e. The number of nitrogens with two attached hydrogens (primary N) is 1. The van der Waals surface area contributed by atoms with Crippen molar-refractivity contribution in [1.82, 2.24) is 9.78 Å². The molecule has 0 aliphatic rings. The van der Waals surface area contributed by atoms with Gasteiger partial charge in [0.25, 0.3) is 0 Å². The molecule has 96 valence electrons. The van der Waals surface area contributed by atoms with E-state index in [1.807, 2.05) is 50.4 Å². The highest BCUT2D eigenvalue weighted by molar-refractivity contribution is 5.61. The van der Waals surface area contributed by atoms with Crippen molar-refractivity contribution in [2.75, 3.05) is 24.7 Å². The van der Waals surface area contributed by atoms with Gasteiger partial charge in [-0.25, -0.2) is 0 Å². The smallest absolute Gasteiger partial charge is 0.144 e. The summed E-state index contributed by atoms with van der Waals surface area (Å²) in [5.41, 5.74) is 8.62. The first-order chi connectivity index (χ1) is 8.56. The van der Waals surface area contributed by atoms with Gasteiger partial charge >= 0.3 is 0 Å². The highest BCUT2D eigenvalue weighted by Crippen LogP contribution is 2.27. The predicted molar refractivity (Wildman–Crippen MR) is 72.7 cm³/mol. The zero-order valence-electron chi connectivity index (χ0n) is 10.9. The summed E-state index contributed by atoms with van der Waals surface area (Å²) in [4.78, 5) is 2.01. The third kappa shape index (κ3) is 2.74. The van der Waals surface area contributed by atoms with Gasteiger partial charge in [-0.15, -0.1) is 0 Å². The molecule has 2 aromatic rings. The summed E-state index contributed by atoms with van der Waals surface area (Å²) in [5, 5.41) is 4.09. The lowest BCUT2D eigenvalue weighted by molar-refractivity contribution is 0.308.